The van der Waals surface area contributed by atoms with Crippen LogP contribution in [0.1, 0.15) is 37.5 Å². The van der Waals surface area contributed by atoms with Gasteiger partial charge in [0.25, 0.3) is 0 Å². The number of pyridine rings is 1. The second-order valence-corrected chi connectivity index (χ2v) is 21.3. The smallest absolute Gasteiger partial charge is 0.0620 e. The van der Waals surface area contributed by atoms with Gasteiger partial charge < -0.3 is 4.40 Å². The SMILES string of the molecule is Cc1ccnc(-n2c3[c-]c(Oc4[c-]c(-n5[c](=[Pt])n(-c6c(-c7ccccc7)cc(C(C)(C)C)cc6-c6ccccc6)c6ccccc65)ccc4C)ccc3c3cc4c5cccc6c7ccccc7n(c4cc32)c65)c1. The van der Waals surface area contributed by atoms with E-state index in [4.69, 9.17) is 9.72 Å². The summed E-state index contributed by atoms with van der Waals surface area (Å²) in [7, 11) is 0. The first-order valence-electron chi connectivity index (χ1n) is 24.8. The van der Waals surface area contributed by atoms with Crippen molar-refractivity contribution in [2.24, 2.45) is 0 Å². The molecule has 0 unspecified atom stereocenters. The number of aromatic nitrogens is 5. The van der Waals surface area contributed by atoms with E-state index < -0.39 is 0 Å². The molecule has 0 aliphatic carbocycles. The van der Waals surface area contributed by atoms with Crippen molar-refractivity contribution in [2.45, 2.75) is 40.0 Å². The third kappa shape index (κ3) is 6.74. The molecular formula is C66H47N5OPt-2. The van der Waals surface area contributed by atoms with Crippen LogP contribution in [0.5, 0.6) is 11.5 Å². The molecule has 7 heteroatoms. The predicted molar refractivity (Wildman–Crippen MR) is 296 cm³/mol. The van der Waals surface area contributed by atoms with Gasteiger partial charge >= 0.3 is 326 Å². The van der Waals surface area contributed by atoms with Crippen molar-refractivity contribution in [3.8, 4) is 50.9 Å². The Labute approximate surface area is 433 Å². The van der Waals surface area contributed by atoms with Crippen LogP contribution in [0, 0.1) is 29.8 Å². The van der Waals surface area contributed by atoms with Gasteiger partial charge in [-0.05, 0) is 24.6 Å². The van der Waals surface area contributed by atoms with Crippen LogP contribution >= 0.6 is 0 Å². The van der Waals surface area contributed by atoms with Crippen molar-refractivity contribution in [1.29, 1.82) is 0 Å². The standard InChI is InChI=1S/C66H47N5O.Pt/c1-41-31-32-67-63(33-41)70-59-37-47(29-30-49(59)54-38-55-51-23-16-22-50-48-21-12-13-24-56(48)71(65(50)51)61(55)39-60(54)70)72-62-36-46(28-27-42(62)2)68-40-69(58-26-15-14-25-57(58)68)64-52(43-17-8-6-9-18-43)34-45(66(3,4)5)35-53(64)44-19-10-7-11-20-44;/h6-35,38-39H,1-5H3;/q-2;. The Morgan fingerprint density at radius 3 is 1.84 bits per heavy atom. The van der Waals surface area contributed by atoms with Crippen molar-refractivity contribution in [2.75, 3.05) is 0 Å². The van der Waals surface area contributed by atoms with Gasteiger partial charge in [-0.3, -0.25) is 0 Å². The second kappa shape index (κ2) is 16.4. The van der Waals surface area contributed by atoms with Gasteiger partial charge in [0, 0.05) is 27.7 Å². The third-order valence-electron chi connectivity index (χ3n) is 14.7. The maximum absolute atomic E-state index is 6.96. The number of fused-ring (bicyclic) bond motifs is 10. The molecule has 0 atom stereocenters. The molecule has 5 aromatic heterocycles. The molecular weight excluding hydrogens is 1070 g/mol. The molecule has 0 aliphatic rings. The quantitative estimate of drug-likeness (QED) is 0.149. The Hall–Kier alpha value is -8.31. The summed E-state index contributed by atoms with van der Waals surface area (Å²) in [5, 5.41) is 7.22. The molecule has 0 spiro atoms. The zero-order chi connectivity index (χ0) is 49.3. The molecule has 0 amide bonds. The van der Waals surface area contributed by atoms with Crippen molar-refractivity contribution in [3.05, 3.63) is 227 Å². The van der Waals surface area contributed by atoms with E-state index in [1.165, 1.54) is 49.3 Å². The molecule has 0 bridgehead atoms. The number of ether oxygens (including phenoxy) is 1. The summed E-state index contributed by atoms with van der Waals surface area (Å²) >= 11 is 2.51. The average molecular weight is 1120 g/mol. The van der Waals surface area contributed by atoms with Gasteiger partial charge in [-0.2, -0.15) is 0 Å². The molecule has 73 heavy (non-hydrogen) atoms. The summed E-state index contributed by atoms with van der Waals surface area (Å²) in [5.41, 5.74) is 17.7. The van der Waals surface area contributed by atoms with Gasteiger partial charge in [-0.1, -0.05) is 36.4 Å². The van der Waals surface area contributed by atoms with E-state index in [1.54, 1.807) is 0 Å². The van der Waals surface area contributed by atoms with Crippen molar-refractivity contribution >= 4 is 70.9 Å². The molecule has 0 saturated carbocycles. The monoisotopic (exact) mass is 1120 g/mol. The second-order valence-electron chi connectivity index (χ2n) is 20.3. The van der Waals surface area contributed by atoms with Crippen LogP contribution in [0.2, 0.25) is 0 Å². The number of aryl methyl sites for hydroxylation is 2. The van der Waals surface area contributed by atoms with Gasteiger partial charge in [-0.25, -0.2) is 0 Å². The Bertz CT molecular complexity index is 4550. The third-order valence-corrected chi connectivity index (χ3v) is 15.8. The number of benzene rings is 9. The first-order chi connectivity index (χ1) is 35.6. The van der Waals surface area contributed by atoms with E-state index in [0.29, 0.717) is 11.5 Å². The summed E-state index contributed by atoms with van der Waals surface area (Å²) in [6.07, 6.45) is 1.89. The first-order valence-corrected chi connectivity index (χ1v) is 25.9. The fourth-order valence-corrected chi connectivity index (χ4v) is 12.3. The predicted octanol–water partition coefficient (Wildman–Crippen LogP) is 16.8. The van der Waals surface area contributed by atoms with Crippen molar-refractivity contribution in [3.63, 3.8) is 0 Å². The van der Waals surface area contributed by atoms with Crippen LogP contribution in [0.4, 0.5) is 0 Å². The number of imidazole rings is 1. The molecule has 0 fully saturated rings. The van der Waals surface area contributed by atoms with E-state index in [2.05, 4.69) is 260 Å². The van der Waals surface area contributed by atoms with Crippen LogP contribution < -0.4 is 4.74 Å². The normalized spacial score (nSPS) is 12.3. The Kier molecular flexibility index (Phi) is 9.74. The maximum atomic E-state index is 6.96. The number of hydrogen-bond donors (Lipinski definition) is 0. The fourth-order valence-electron chi connectivity index (χ4n) is 11.2. The number of rotatable bonds is 7. The van der Waals surface area contributed by atoms with Crippen LogP contribution in [-0.4, -0.2) is 23.1 Å². The molecule has 14 aromatic rings. The molecule has 5 heterocycles. The molecule has 0 saturated heterocycles. The first kappa shape index (κ1) is 43.5. The van der Waals surface area contributed by atoms with Gasteiger partial charge in [0.1, 0.15) is 0 Å². The van der Waals surface area contributed by atoms with E-state index >= 15 is 0 Å². The Morgan fingerprint density at radius 2 is 1.14 bits per heavy atom. The molecule has 354 valence electrons. The van der Waals surface area contributed by atoms with Crippen molar-refractivity contribution in [1.82, 2.24) is 23.1 Å². The topological polar surface area (TPSA) is 41.3 Å². The fraction of sp³-hybridized carbons (Fsp3) is 0.0909. The van der Waals surface area contributed by atoms with Crippen LogP contribution in [0.15, 0.2) is 194 Å². The van der Waals surface area contributed by atoms with Gasteiger partial charge in [-0.15, -0.1) is 0 Å². The van der Waals surface area contributed by atoms with E-state index in [9.17, 15) is 0 Å². The molecule has 0 radical (unpaired) electrons. The Balaban J connectivity index is 0.945. The molecule has 6 nitrogen and oxygen atoms in total. The van der Waals surface area contributed by atoms with Crippen LogP contribution in [-0.2, 0) is 24.8 Å². The van der Waals surface area contributed by atoms with E-state index in [-0.39, 0.29) is 5.41 Å². The number of nitrogens with zero attached hydrogens (tertiary/aromatic N) is 5. The van der Waals surface area contributed by atoms with Gasteiger partial charge in [0.2, 0.25) is 0 Å². The van der Waals surface area contributed by atoms with Crippen molar-refractivity contribution < 1.29 is 24.1 Å². The van der Waals surface area contributed by atoms with E-state index in [0.717, 1.165) is 81.6 Å². The Morgan fingerprint density at radius 1 is 0.507 bits per heavy atom. The molecule has 14 rings (SSSR count). The summed E-state index contributed by atoms with van der Waals surface area (Å²) in [5.74, 6) is 2.06. The average Bonchev–Trinajstić information content (AvgIpc) is 4.12. The number of hydrogen-bond acceptors (Lipinski definition) is 2. The number of para-hydroxylation sites is 4. The zero-order valence-electron chi connectivity index (χ0n) is 40.9. The minimum absolute atomic E-state index is 0.0837. The molecule has 9 aromatic carbocycles. The summed E-state index contributed by atoms with van der Waals surface area (Å²) in [6, 6.07) is 75.4. The van der Waals surface area contributed by atoms with Gasteiger partial charge in [0.05, 0.1) is 16.6 Å². The summed E-state index contributed by atoms with van der Waals surface area (Å²) in [4.78, 5) is 4.97. The van der Waals surface area contributed by atoms with Gasteiger partial charge in [0.15, 0.2) is 0 Å². The molecule has 0 aliphatic heterocycles. The van der Waals surface area contributed by atoms with Crippen LogP contribution in [0.25, 0.3) is 110 Å². The van der Waals surface area contributed by atoms with Crippen LogP contribution in [0.3, 0.4) is 0 Å². The summed E-state index contributed by atoms with van der Waals surface area (Å²) in [6.45, 7) is 11.1. The zero-order valence-corrected chi connectivity index (χ0v) is 43.2. The minimum atomic E-state index is -0.0837. The minimum Gasteiger partial charge on any atom is 0.0620 e. The summed E-state index contributed by atoms with van der Waals surface area (Å²) < 4.78 is 17.4. The van der Waals surface area contributed by atoms with E-state index in [1.807, 2.05) is 18.3 Å². The molecule has 0 N–H and O–H groups in total.